The van der Waals surface area contributed by atoms with Crippen LogP contribution < -0.4 is 15.0 Å². The minimum absolute atomic E-state index is 0.0183. The summed E-state index contributed by atoms with van der Waals surface area (Å²) in [5.41, 5.74) is 1.59. The second-order valence-corrected chi connectivity index (χ2v) is 6.77. The summed E-state index contributed by atoms with van der Waals surface area (Å²) in [5, 5.41) is 9.67. The first-order valence-corrected chi connectivity index (χ1v) is 9.32. The maximum absolute atomic E-state index is 12.8. The number of methoxy groups -OCH3 is 2. The molecule has 0 saturated heterocycles. The van der Waals surface area contributed by atoms with Crippen LogP contribution in [0.25, 0.3) is 10.9 Å². The monoisotopic (exact) mass is 392 g/mol. The van der Waals surface area contributed by atoms with Crippen molar-refractivity contribution in [3.8, 4) is 17.6 Å². The van der Waals surface area contributed by atoms with Gasteiger partial charge in [0.2, 0.25) is 0 Å². The Hall–Kier alpha value is -3.37. The van der Waals surface area contributed by atoms with Crippen LogP contribution in [-0.2, 0) is 19.5 Å². The molecule has 1 heterocycles. The fraction of sp³-hybridized carbons (Fsp3) is 0.318. The van der Waals surface area contributed by atoms with Crippen LogP contribution in [0.5, 0.6) is 11.5 Å². The summed E-state index contributed by atoms with van der Waals surface area (Å²) in [5.74, 6) is 1.99. The summed E-state index contributed by atoms with van der Waals surface area (Å²) in [6, 6.07) is 15.1. The molecule has 0 radical (unpaired) electrons. The lowest BCUT2D eigenvalue weighted by molar-refractivity contribution is 0.315. The van der Waals surface area contributed by atoms with Crippen LogP contribution in [0.3, 0.4) is 0 Å². The molecule has 1 aromatic heterocycles. The Morgan fingerprint density at radius 1 is 1.14 bits per heavy atom. The van der Waals surface area contributed by atoms with E-state index >= 15 is 0 Å². The van der Waals surface area contributed by atoms with Crippen molar-refractivity contribution in [3.05, 3.63) is 64.2 Å². The van der Waals surface area contributed by atoms with Gasteiger partial charge in [0.15, 0.2) is 11.5 Å². The highest BCUT2D eigenvalue weighted by molar-refractivity contribution is 5.77. The summed E-state index contributed by atoms with van der Waals surface area (Å²) in [4.78, 5) is 19.5. The molecule has 7 nitrogen and oxygen atoms in total. The number of benzene rings is 2. The van der Waals surface area contributed by atoms with Crippen LogP contribution in [0.4, 0.5) is 0 Å². The second kappa shape index (κ2) is 9.22. The average Bonchev–Trinajstić information content (AvgIpc) is 2.74. The third kappa shape index (κ3) is 4.55. The molecule has 0 fully saturated rings. The second-order valence-electron chi connectivity index (χ2n) is 6.77. The van der Waals surface area contributed by atoms with E-state index in [-0.39, 0.29) is 12.1 Å². The van der Waals surface area contributed by atoms with E-state index in [4.69, 9.17) is 14.7 Å². The van der Waals surface area contributed by atoms with Gasteiger partial charge < -0.3 is 9.47 Å². The molecule has 29 heavy (non-hydrogen) atoms. The predicted molar refractivity (Wildman–Crippen MR) is 111 cm³/mol. The molecule has 150 valence electrons. The summed E-state index contributed by atoms with van der Waals surface area (Å²) >= 11 is 0. The number of nitriles is 1. The predicted octanol–water partition coefficient (Wildman–Crippen LogP) is 2.61. The van der Waals surface area contributed by atoms with Crippen molar-refractivity contribution in [2.24, 2.45) is 0 Å². The fourth-order valence-corrected chi connectivity index (χ4v) is 3.25. The van der Waals surface area contributed by atoms with E-state index in [1.807, 2.05) is 37.4 Å². The largest absolute Gasteiger partial charge is 0.493 e. The normalized spacial score (nSPS) is 10.9. The molecule has 0 spiro atoms. The molecule has 0 bridgehead atoms. The maximum atomic E-state index is 12.8. The highest BCUT2D eigenvalue weighted by Gasteiger charge is 2.13. The van der Waals surface area contributed by atoms with Crippen LogP contribution >= 0.6 is 0 Å². The van der Waals surface area contributed by atoms with Crippen LogP contribution in [0.15, 0.2) is 47.3 Å². The lowest BCUT2D eigenvalue weighted by Crippen LogP contribution is -2.30. The Morgan fingerprint density at radius 3 is 2.62 bits per heavy atom. The maximum Gasteiger partial charge on any atom is 0.262 e. The molecule has 0 saturated carbocycles. The lowest BCUT2D eigenvalue weighted by Gasteiger charge is -2.19. The molecule has 7 heteroatoms. The van der Waals surface area contributed by atoms with E-state index in [0.29, 0.717) is 34.8 Å². The Bertz CT molecular complexity index is 1100. The van der Waals surface area contributed by atoms with Gasteiger partial charge in [-0.2, -0.15) is 5.26 Å². The number of hydrogen-bond donors (Lipinski definition) is 0. The summed E-state index contributed by atoms with van der Waals surface area (Å²) in [6.45, 7) is 1.20. The third-order valence-electron chi connectivity index (χ3n) is 4.81. The van der Waals surface area contributed by atoms with E-state index < -0.39 is 0 Å². The van der Waals surface area contributed by atoms with Gasteiger partial charge in [-0.15, -0.1) is 0 Å². The Morgan fingerprint density at radius 2 is 1.90 bits per heavy atom. The van der Waals surface area contributed by atoms with Crippen molar-refractivity contribution >= 4 is 10.9 Å². The number of rotatable bonds is 8. The highest BCUT2D eigenvalue weighted by Crippen LogP contribution is 2.27. The van der Waals surface area contributed by atoms with Crippen LogP contribution in [0.2, 0.25) is 0 Å². The molecule has 3 aromatic rings. The van der Waals surface area contributed by atoms with Crippen molar-refractivity contribution in [2.75, 3.05) is 27.8 Å². The molecule has 2 aromatic carbocycles. The van der Waals surface area contributed by atoms with Gasteiger partial charge in [-0.3, -0.25) is 14.3 Å². The summed E-state index contributed by atoms with van der Waals surface area (Å²) in [7, 11) is 5.20. The minimum Gasteiger partial charge on any atom is -0.493 e. The van der Waals surface area contributed by atoms with Crippen LogP contribution in [-0.4, -0.2) is 42.3 Å². The van der Waals surface area contributed by atoms with Gasteiger partial charge in [-0.25, -0.2) is 4.98 Å². The summed E-state index contributed by atoms with van der Waals surface area (Å²) in [6.07, 6.45) is 0.799. The number of aromatic nitrogens is 2. The van der Waals surface area contributed by atoms with E-state index in [1.54, 1.807) is 26.4 Å². The van der Waals surface area contributed by atoms with Gasteiger partial charge in [-0.1, -0.05) is 18.2 Å². The number of ether oxygens (including phenoxy) is 2. The molecular weight excluding hydrogens is 368 g/mol. The van der Waals surface area contributed by atoms with Crippen molar-refractivity contribution in [1.82, 2.24) is 14.5 Å². The van der Waals surface area contributed by atoms with Gasteiger partial charge in [0, 0.05) is 6.54 Å². The summed E-state index contributed by atoms with van der Waals surface area (Å²) < 4.78 is 12.1. The average molecular weight is 392 g/mol. The topological polar surface area (TPSA) is 80.4 Å². The van der Waals surface area contributed by atoms with Gasteiger partial charge in [0.05, 0.1) is 37.7 Å². The van der Waals surface area contributed by atoms with Crippen molar-refractivity contribution in [1.29, 1.82) is 5.26 Å². The zero-order valence-corrected chi connectivity index (χ0v) is 16.9. The quantitative estimate of drug-likeness (QED) is 0.586. The Kier molecular flexibility index (Phi) is 6.47. The van der Waals surface area contributed by atoms with Gasteiger partial charge in [0.1, 0.15) is 12.4 Å². The minimum atomic E-state index is -0.180. The molecule has 0 aliphatic carbocycles. The number of hydrogen-bond acceptors (Lipinski definition) is 6. The molecule has 0 amide bonds. The first-order chi connectivity index (χ1) is 14.1. The van der Waals surface area contributed by atoms with Crippen molar-refractivity contribution in [2.45, 2.75) is 19.5 Å². The fourth-order valence-electron chi connectivity index (χ4n) is 3.25. The van der Waals surface area contributed by atoms with Gasteiger partial charge >= 0.3 is 0 Å². The molecule has 0 aliphatic rings. The molecule has 3 rings (SSSR count). The highest BCUT2D eigenvalue weighted by atomic mass is 16.5. The molecular formula is C22H24N4O3. The first-order valence-electron chi connectivity index (χ1n) is 9.32. The number of likely N-dealkylation sites (N-methyl/N-ethyl adjacent to an activating group) is 1. The van der Waals surface area contributed by atoms with Gasteiger partial charge in [0.25, 0.3) is 5.56 Å². The number of nitrogens with zero attached hydrogens (tertiary/aromatic N) is 4. The first kappa shape index (κ1) is 20.4. The van der Waals surface area contributed by atoms with Crippen molar-refractivity contribution < 1.29 is 9.47 Å². The number of para-hydroxylation sites is 1. The van der Waals surface area contributed by atoms with E-state index in [1.165, 1.54) is 4.57 Å². The molecule has 0 unspecified atom stereocenters. The zero-order valence-electron chi connectivity index (χ0n) is 16.9. The molecule has 0 aliphatic heterocycles. The van der Waals surface area contributed by atoms with E-state index in [9.17, 15) is 4.79 Å². The molecule has 0 N–H and O–H groups in total. The van der Waals surface area contributed by atoms with Crippen molar-refractivity contribution in [3.63, 3.8) is 0 Å². The van der Waals surface area contributed by atoms with Crippen LogP contribution in [0.1, 0.15) is 11.4 Å². The lowest BCUT2D eigenvalue weighted by atomic mass is 10.1. The standard InChI is InChI=1S/C22H24N4O3/c1-25(12-10-16-8-9-19(28-2)20(14-16)29-3)15-21-24-18-7-5-4-6-17(18)22(27)26(21)13-11-23/h4-9,14H,10,12-13,15H2,1-3H3. The van der Waals surface area contributed by atoms with Gasteiger partial charge in [-0.05, 0) is 43.3 Å². The third-order valence-corrected chi connectivity index (χ3v) is 4.81. The Balaban J connectivity index is 1.77. The van der Waals surface area contributed by atoms with E-state index in [0.717, 1.165) is 18.5 Å². The van der Waals surface area contributed by atoms with E-state index in [2.05, 4.69) is 16.0 Å². The smallest absolute Gasteiger partial charge is 0.262 e. The zero-order chi connectivity index (χ0) is 20.8. The SMILES string of the molecule is COc1ccc(CCN(C)Cc2nc3ccccc3c(=O)n2CC#N)cc1OC. The van der Waals surface area contributed by atoms with Crippen LogP contribution in [0, 0.1) is 11.3 Å². The number of fused-ring (bicyclic) bond motifs is 1. The Labute approximate surface area is 169 Å². The molecule has 0 atom stereocenters.